The number of likely N-dealkylation sites (N-methyl/N-ethyl adjacent to an activating group) is 1. The zero-order valence-electron chi connectivity index (χ0n) is 17.0. The summed E-state index contributed by atoms with van der Waals surface area (Å²) in [4.78, 5) is 13.8. The number of pyridine rings is 1. The topological polar surface area (TPSA) is 69.8 Å². The van der Waals surface area contributed by atoms with Crippen LogP contribution in [0, 0.1) is 0 Å². The molecule has 27 heavy (non-hydrogen) atoms. The van der Waals surface area contributed by atoms with Gasteiger partial charge in [-0.15, -0.1) is 24.0 Å². The Balaban J connectivity index is 0.00000364. The summed E-state index contributed by atoms with van der Waals surface area (Å²) >= 11 is 0. The third-order valence-electron chi connectivity index (χ3n) is 4.93. The highest BCUT2D eigenvalue weighted by molar-refractivity contribution is 14.0. The number of guanidine groups is 1. The second-order valence-electron chi connectivity index (χ2n) is 7.17. The van der Waals surface area contributed by atoms with Gasteiger partial charge < -0.3 is 20.9 Å². The average molecular weight is 488 g/mol. The van der Waals surface area contributed by atoms with E-state index < -0.39 is 0 Å². The molecule has 1 fully saturated rings. The summed E-state index contributed by atoms with van der Waals surface area (Å²) in [5.74, 6) is 1.58. The highest BCUT2D eigenvalue weighted by Crippen LogP contribution is 2.19. The summed E-state index contributed by atoms with van der Waals surface area (Å²) in [6.07, 6.45) is 9.57. The van der Waals surface area contributed by atoms with Crippen molar-refractivity contribution in [1.29, 1.82) is 0 Å². The van der Waals surface area contributed by atoms with E-state index in [1.165, 1.54) is 32.1 Å². The number of hydrogen-bond acceptors (Lipinski definition) is 4. The van der Waals surface area contributed by atoms with Crippen LogP contribution in [-0.4, -0.2) is 55.6 Å². The summed E-state index contributed by atoms with van der Waals surface area (Å²) in [6.45, 7) is 7.88. The van der Waals surface area contributed by atoms with Gasteiger partial charge in [-0.2, -0.15) is 0 Å². The molecule has 1 aliphatic rings. The molecule has 154 valence electrons. The maximum atomic E-state index is 6.03. The molecule has 0 aliphatic carbocycles. The van der Waals surface area contributed by atoms with Gasteiger partial charge >= 0.3 is 0 Å². The van der Waals surface area contributed by atoms with Gasteiger partial charge in [-0.05, 0) is 19.5 Å². The van der Waals surface area contributed by atoms with Crippen LogP contribution >= 0.6 is 24.0 Å². The Morgan fingerprint density at radius 2 is 1.85 bits per heavy atom. The van der Waals surface area contributed by atoms with Gasteiger partial charge in [-0.1, -0.05) is 45.1 Å². The molecule has 1 saturated heterocycles. The Morgan fingerprint density at radius 1 is 1.15 bits per heavy atom. The Kier molecular flexibility index (Phi) is 12.4. The molecule has 1 aromatic heterocycles. The monoisotopic (exact) mass is 488 g/mol. The first kappa shape index (κ1) is 23.9. The molecule has 1 aliphatic heterocycles. The first-order valence-electron chi connectivity index (χ1n) is 10.1. The van der Waals surface area contributed by atoms with Crippen molar-refractivity contribution >= 4 is 35.8 Å². The fraction of sp³-hybridized carbons (Fsp3) is 0.700. The molecule has 0 radical (unpaired) electrons. The lowest BCUT2D eigenvalue weighted by Crippen LogP contribution is -2.45. The van der Waals surface area contributed by atoms with Crippen LogP contribution in [0.3, 0.4) is 0 Å². The van der Waals surface area contributed by atoms with E-state index in [2.05, 4.69) is 45.1 Å². The van der Waals surface area contributed by atoms with Crippen molar-refractivity contribution in [3.63, 3.8) is 0 Å². The van der Waals surface area contributed by atoms with Crippen LogP contribution in [0.1, 0.15) is 51.0 Å². The van der Waals surface area contributed by atoms with E-state index in [-0.39, 0.29) is 24.0 Å². The van der Waals surface area contributed by atoms with Crippen LogP contribution in [-0.2, 0) is 6.54 Å². The van der Waals surface area contributed by atoms with Crippen molar-refractivity contribution in [3.05, 3.63) is 23.9 Å². The normalized spacial score (nSPS) is 15.5. The van der Waals surface area contributed by atoms with Gasteiger partial charge in [0.25, 0.3) is 0 Å². The molecule has 2 heterocycles. The van der Waals surface area contributed by atoms with Crippen molar-refractivity contribution < 1.29 is 0 Å². The lowest BCUT2D eigenvalue weighted by Gasteiger charge is -2.34. The van der Waals surface area contributed by atoms with Crippen LogP contribution in [0.15, 0.2) is 23.3 Å². The molecule has 0 unspecified atom stereocenters. The van der Waals surface area contributed by atoms with Crippen LogP contribution < -0.4 is 16.0 Å². The van der Waals surface area contributed by atoms with E-state index in [0.717, 1.165) is 50.5 Å². The standard InChI is InChI=1S/C20H36N6.HI/c1-3-4-5-6-7-8-11-23-20(21)24-17-18-10-9-12-22-19(18)26-15-13-25(2)14-16-26;/h9-10,12H,3-8,11,13-17H2,1-2H3,(H3,21,23,24);1H. The van der Waals surface area contributed by atoms with E-state index in [0.29, 0.717) is 12.5 Å². The maximum Gasteiger partial charge on any atom is 0.188 e. The molecule has 0 bridgehead atoms. The smallest absolute Gasteiger partial charge is 0.188 e. The highest BCUT2D eigenvalue weighted by Gasteiger charge is 2.17. The molecule has 6 nitrogen and oxygen atoms in total. The Hall–Kier alpha value is -1.09. The zero-order chi connectivity index (χ0) is 18.6. The second-order valence-corrected chi connectivity index (χ2v) is 7.17. The number of nitrogens with two attached hydrogens (primary N) is 1. The molecule has 0 atom stereocenters. The van der Waals surface area contributed by atoms with Crippen molar-refractivity contribution in [2.75, 3.05) is 44.7 Å². The van der Waals surface area contributed by atoms with E-state index in [4.69, 9.17) is 5.73 Å². The third kappa shape index (κ3) is 9.10. The predicted octanol–water partition coefficient (Wildman–Crippen LogP) is 3.22. The summed E-state index contributed by atoms with van der Waals surface area (Å²) in [5.41, 5.74) is 7.17. The molecule has 0 spiro atoms. The van der Waals surface area contributed by atoms with Gasteiger partial charge in [0, 0.05) is 44.5 Å². The van der Waals surface area contributed by atoms with Crippen LogP contribution in [0.5, 0.6) is 0 Å². The number of aromatic nitrogens is 1. The van der Waals surface area contributed by atoms with Crippen molar-refractivity contribution in [2.24, 2.45) is 10.7 Å². The van der Waals surface area contributed by atoms with Gasteiger partial charge in [0.05, 0.1) is 6.54 Å². The number of rotatable bonds is 10. The number of halogens is 1. The number of hydrogen-bond donors (Lipinski definition) is 2. The van der Waals surface area contributed by atoms with E-state index in [1.54, 1.807) is 0 Å². The number of nitrogens with zero attached hydrogens (tertiary/aromatic N) is 4. The minimum atomic E-state index is 0. The molecular weight excluding hydrogens is 451 g/mol. The first-order chi connectivity index (χ1) is 12.7. The fourth-order valence-corrected chi connectivity index (χ4v) is 3.20. The second kappa shape index (κ2) is 14.0. The van der Waals surface area contributed by atoms with Gasteiger partial charge in [0.15, 0.2) is 5.96 Å². The number of piperazine rings is 1. The lowest BCUT2D eigenvalue weighted by atomic mass is 10.1. The molecule has 0 amide bonds. The Bertz CT molecular complexity index is 543. The Labute approximate surface area is 182 Å². The average Bonchev–Trinajstić information content (AvgIpc) is 2.66. The predicted molar refractivity (Wildman–Crippen MR) is 126 cm³/mol. The van der Waals surface area contributed by atoms with Gasteiger partial charge in [-0.3, -0.25) is 0 Å². The van der Waals surface area contributed by atoms with Crippen LogP contribution in [0.2, 0.25) is 0 Å². The van der Waals surface area contributed by atoms with Crippen molar-refractivity contribution in [2.45, 2.75) is 52.0 Å². The van der Waals surface area contributed by atoms with E-state index in [1.807, 2.05) is 12.3 Å². The van der Waals surface area contributed by atoms with Gasteiger partial charge in [0.1, 0.15) is 5.82 Å². The summed E-state index contributed by atoms with van der Waals surface area (Å²) in [6, 6.07) is 4.08. The minimum absolute atomic E-state index is 0. The molecule has 1 aromatic rings. The zero-order valence-corrected chi connectivity index (χ0v) is 19.3. The molecule has 7 heteroatoms. The molecular formula is C20H37IN6. The minimum Gasteiger partial charge on any atom is -0.370 e. The summed E-state index contributed by atoms with van der Waals surface area (Å²) in [5, 5.41) is 3.24. The molecule has 0 aromatic carbocycles. The number of unbranched alkanes of at least 4 members (excludes halogenated alkanes) is 5. The van der Waals surface area contributed by atoms with Crippen LogP contribution in [0.4, 0.5) is 5.82 Å². The number of nitrogens with one attached hydrogen (secondary N) is 1. The van der Waals surface area contributed by atoms with Crippen molar-refractivity contribution in [3.8, 4) is 0 Å². The fourth-order valence-electron chi connectivity index (χ4n) is 3.20. The Morgan fingerprint density at radius 3 is 2.59 bits per heavy atom. The lowest BCUT2D eigenvalue weighted by molar-refractivity contribution is 0.312. The highest BCUT2D eigenvalue weighted by atomic mass is 127. The summed E-state index contributed by atoms with van der Waals surface area (Å²) in [7, 11) is 2.16. The van der Waals surface area contributed by atoms with E-state index in [9.17, 15) is 0 Å². The SMILES string of the molecule is CCCCCCCCNC(N)=NCc1cccnc1N1CCN(C)CC1.I. The largest absolute Gasteiger partial charge is 0.370 e. The van der Waals surface area contributed by atoms with Gasteiger partial charge in [0.2, 0.25) is 0 Å². The maximum absolute atomic E-state index is 6.03. The van der Waals surface area contributed by atoms with Crippen molar-refractivity contribution in [1.82, 2.24) is 15.2 Å². The quantitative estimate of drug-likeness (QED) is 0.229. The third-order valence-corrected chi connectivity index (χ3v) is 4.93. The van der Waals surface area contributed by atoms with Crippen LogP contribution in [0.25, 0.3) is 0 Å². The molecule has 3 N–H and O–H groups in total. The summed E-state index contributed by atoms with van der Waals surface area (Å²) < 4.78 is 0. The number of anilines is 1. The molecule has 2 rings (SSSR count). The van der Waals surface area contributed by atoms with E-state index >= 15 is 0 Å². The molecule has 0 saturated carbocycles. The first-order valence-corrected chi connectivity index (χ1v) is 10.1. The number of aliphatic imine (C=N–C) groups is 1. The van der Waals surface area contributed by atoms with Gasteiger partial charge in [-0.25, -0.2) is 9.98 Å².